The maximum Gasteiger partial charge on any atom is 0.330 e. The van der Waals surface area contributed by atoms with Crippen LogP contribution in [-0.4, -0.2) is 38.7 Å². The molecule has 11 heteroatoms. The molecule has 0 spiro atoms. The summed E-state index contributed by atoms with van der Waals surface area (Å²) in [5.41, 5.74) is 0.0319. The Kier molecular flexibility index (Phi) is 5.90. The molecule has 0 aliphatic carbocycles. The summed E-state index contributed by atoms with van der Waals surface area (Å²) in [6, 6.07) is 9.82. The summed E-state index contributed by atoms with van der Waals surface area (Å²) in [5.74, 6) is -3.34. The third-order valence-corrected chi connectivity index (χ3v) is 3.67. The van der Waals surface area contributed by atoms with Gasteiger partial charge in [-0.15, -0.1) is 10.2 Å². The zero-order valence-electron chi connectivity index (χ0n) is 14.1. The van der Waals surface area contributed by atoms with Crippen molar-refractivity contribution in [1.82, 2.24) is 20.2 Å². The van der Waals surface area contributed by atoms with Crippen LogP contribution in [0, 0.1) is 11.6 Å². The van der Waals surface area contributed by atoms with Crippen molar-refractivity contribution in [3.8, 4) is 11.4 Å². The van der Waals surface area contributed by atoms with Crippen LogP contribution in [0.25, 0.3) is 11.4 Å². The van der Waals surface area contributed by atoms with Crippen LogP contribution in [-0.2, 0) is 20.9 Å². The maximum atomic E-state index is 13.5. The third kappa shape index (κ3) is 4.86. The molecule has 8 nitrogen and oxygen atoms in total. The van der Waals surface area contributed by atoms with Crippen molar-refractivity contribution in [3.63, 3.8) is 0 Å². The van der Waals surface area contributed by atoms with Gasteiger partial charge in [0, 0.05) is 10.6 Å². The minimum atomic E-state index is -0.943. The van der Waals surface area contributed by atoms with Crippen LogP contribution in [0.15, 0.2) is 42.5 Å². The first-order valence-corrected chi connectivity index (χ1v) is 8.23. The second-order valence-electron chi connectivity index (χ2n) is 5.46. The van der Waals surface area contributed by atoms with Gasteiger partial charge in [-0.3, -0.25) is 4.79 Å². The standard InChI is InChI=1S/C17H12ClF2N5O3/c18-11-6-4-10(5-7-11)17-22-24-25(23-17)8-15(27)28-9-14(26)21-16-12(19)2-1-3-13(16)20/h1-7H,8-9H2,(H,21,26). The molecule has 0 atom stereocenters. The Morgan fingerprint density at radius 2 is 1.79 bits per heavy atom. The second kappa shape index (κ2) is 8.53. The number of nitrogens with zero attached hydrogens (tertiary/aromatic N) is 4. The number of ether oxygens (including phenoxy) is 1. The van der Waals surface area contributed by atoms with E-state index in [4.69, 9.17) is 16.3 Å². The summed E-state index contributed by atoms with van der Waals surface area (Å²) in [6.45, 7) is -1.13. The lowest BCUT2D eigenvalue weighted by molar-refractivity contribution is -0.148. The van der Waals surface area contributed by atoms with Crippen LogP contribution in [0.3, 0.4) is 0 Å². The number of amides is 1. The number of carbonyl (C=O) groups is 2. The van der Waals surface area contributed by atoms with Gasteiger partial charge < -0.3 is 10.1 Å². The molecule has 1 heterocycles. The smallest absolute Gasteiger partial charge is 0.330 e. The highest BCUT2D eigenvalue weighted by molar-refractivity contribution is 6.30. The molecule has 1 amide bonds. The van der Waals surface area contributed by atoms with Crippen LogP contribution < -0.4 is 5.32 Å². The first-order chi connectivity index (χ1) is 13.4. The van der Waals surface area contributed by atoms with Crippen molar-refractivity contribution in [2.24, 2.45) is 0 Å². The molecule has 0 saturated heterocycles. The Balaban J connectivity index is 1.52. The van der Waals surface area contributed by atoms with E-state index in [1.807, 2.05) is 5.32 Å². The van der Waals surface area contributed by atoms with E-state index in [-0.39, 0.29) is 5.82 Å². The second-order valence-corrected chi connectivity index (χ2v) is 5.89. The molecule has 0 bridgehead atoms. The molecule has 1 aromatic heterocycles. The number of hydrogen-bond acceptors (Lipinski definition) is 6. The lowest BCUT2D eigenvalue weighted by atomic mass is 10.2. The monoisotopic (exact) mass is 407 g/mol. The normalized spacial score (nSPS) is 10.5. The fourth-order valence-electron chi connectivity index (χ4n) is 2.12. The molecule has 0 fully saturated rings. The van der Waals surface area contributed by atoms with Crippen LogP contribution >= 0.6 is 11.6 Å². The van der Waals surface area contributed by atoms with Gasteiger partial charge in [-0.25, -0.2) is 13.6 Å². The van der Waals surface area contributed by atoms with Gasteiger partial charge in [0.25, 0.3) is 5.91 Å². The van der Waals surface area contributed by atoms with E-state index in [9.17, 15) is 18.4 Å². The number of para-hydroxylation sites is 1. The van der Waals surface area contributed by atoms with E-state index >= 15 is 0 Å². The highest BCUT2D eigenvalue weighted by Gasteiger charge is 2.15. The Morgan fingerprint density at radius 3 is 2.46 bits per heavy atom. The summed E-state index contributed by atoms with van der Waals surface area (Å²) in [6.07, 6.45) is 0. The molecule has 0 saturated carbocycles. The molecule has 0 radical (unpaired) electrons. The fraction of sp³-hybridized carbons (Fsp3) is 0.118. The minimum absolute atomic E-state index is 0.275. The minimum Gasteiger partial charge on any atom is -0.454 e. The molecule has 0 aliphatic heterocycles. The van der Waals surface area contributed by atoms with E-state index in [2.05, 4.69) is 15.4 Å². The zero-order chi connectivity index (χ0) is 20.1. The average Bonchev–Trinajstić information content (AvgIpc) is 3.12. The molecule has 2 aromatic carbocycles. The molecule has 3 rings (SSSR count). The molecule has 3 aromatic rings. The number of hydrogen-bond donors (Lipinski definition) is 1. The van der Waals surface area contributed by atoms with E-state index in [1.54, 1.807) is 24.3 Å². The van der Waals surface area contributed by atoms with Crippen LogP contribution in [0.5, 0.6) is 0 Å². The van der Waals surface area contributed by atoms with Gasteiger partial charge in [-0.2, -0.15) is 4.80 Å². The number of rotatable bonds is 6. The fourth-order valence-corrected chi connectivity index (χ4v) is 2.25. The van der Waals surface area contributed by atoms with Gasteiger partial charge in [0.15, 0.2) is 13.2 Å². The number of carbonyl (C=O) groups excluding carboxylic acids is 2. The number of tetrazole rings is 1. The van der Waals surface area contributed by atoms with Crippen molar-refractivity contribution in [2.75, 3.05) is 11.9 Å². The highest BCUT2D eigenvalue weighted by atomic mass is 35.5. The Labute approximate surface area is 162 Å². The number of esters is 1. The third-order valence-electron chi connectivity index (χ3n) is 3.42. The summed E-state index contributed by atoms with van der Waals surface area (Å²) in [4.78, 5) is 24.5. The van der Waals surface area contributed by atoms with Crippen molar-refractivity contribution in [2.45, 2.75) is 6.54 Å². The van der Waals surface area contributed by atoms with Gasteiger partial charge in [-0.05, 0) is 41.6 Å². The topological polar surface area (TPSA) is 99.0 Å². The van der Waals surface area contributed by atoms with Crippen molar-refractivity contribution < 1.29 is 23.1 Å². The van der Waals surface area contributed by atoms with Crippen LogP contribution in [0.1, 0.15) is 0 Å². The SMILES string of the molecule is O=C(COC(=O)Cn1nnc(-c2ccc(Cl)cc2)n1)Nc1c(F)cccc1F. The summed E-state index contributed by atoms with van der Waals surface area (Å²) in [5, 5.41) is 14.1. The molecule has 0 unspecified atom stereocenters. The molecular formula is C17H12ClF2N5O3. The summed E-state index contributed by atoms with van der Waals surface area (Å²) >= 11 is 5.80. The van der Waals surface area contributed by atoms with E-state index in [0.717, 1.165) is 23.0 Å². The zero-order valence-corrected chi connectivity index (χ0v) is 14.9. The Bertz CT molecular complexity index is 990. The van der Waals surface area contributed by atoms with Gasteiger partial charge in [0.1, 0.15) is 17.3 Å². The number of aromatic nitrogens is 4. The number of anilines is 1. The maximum absolute atomic E-state index is 13.5. The molecular weight excluding hydrogens is 396 g/mol. The number of halogens is 3. The van der Waals surface area contributed by atoms with E-state index in [0.29, 0.717) is 10.6 Å². The van der Waals surface area contributed by atoms with Crippen LogP contribution in [0.4, 0.5) is 14.5 Å². The van der Waals surface area contributed by atoms with Gasteiger partial charge in [-0.1, -0.05) is 17.7 Å². The predicted molar refractivity (Wildman–Crippen MR) is 94.2 cm³/mol. The lowest BCUT2D eigenvalue weighted by Gasteiger charge is -2.08. The Hall–Kier alpha value is -3.40. The summed E-state index contributed by atoms with van der Waals surface area (Å²) < 4.78 is 31.7. The quantitative estimate of drug-likeness (QED) is 0.630. The first kappa shape index (κ1) is 19.4. The Morgan fingerprint density at radius 1 is 1.11 bits per heavy atom. The molecule has 0 aliphatic rings. The predicted octanol–water partition coefficient (Wildman–Crippen LogP) is 2.45. The van der Waals surface area contributed by atoms with Crippen LogP contribution in [0.2, 0.25) is 5.02 Å². The van der Waals surface area contributed by atoms with Gasteiger partial charge in [0.05, 0.1) is 0 Å². The molecule has 1 N–H and O–H groups in total. The van der Waals surface area contributed by atoms with E-state index < -0.39 is 42.3 Å². The summed E-state index contributed by atoms with van der Waals surface area (Å²) in [7, 11) is 0. The first-order valence-electron chi connectivity index (χ1n) is 7.85. The molecule has 28 heavy (non-hydrogen) atoms. The number of nitrogens with one attached hydrogen (secondary N) is 1. The van der Waals surface area contributed by atoms with E-state index in [1.165, 1.54) is 0 Å². The highest BCUT2D eigenvalue weighted by Crippen LogP contribution is 2.18. The average molecular weight is 408 g/mol. The lowest BCUT2D eigenvalue weighted by Crippen LogP contribution is -2.24. The van der Waals surface area contributed by atoms with Crippen molar-refractivity contribution in [3.05, 3.63) is 59.1 Å². The molecule has 144 valence electrons. The van der Waals surface area contributed by atoms with Crippen molar-refractivity contribution in [1.29, 1.82) is 0 Å². The largest absolute Gasteiger partial charge is 0.454 e. The van der Waals surface area contributed by atoms with Gasteiger partial charge in [0.2, 0.25) is 5.82 Å². The van der Waals surface area contributed by atoms with Crippen molar-refractivity contribution >= 4 is 29.2 Å². The number of benzene rings is 2. The van der Waals surface area contributed by atoms with Gasteiger partial charge >= 0.3 is 5.97 Å².